The van der Waals surface area contributed by atoms with Gasteiger partial charge >= 0.3 is 0 Å². The molecule has 1 saturated heterocycles. The molecule has 2 rings (SSSR count). The average molecular weight is 409 g/mol. The monoisotopic (exact) mass is 407 g/mol. The zero-order valence-electron chi connectivity index (χ0n) is 14.5. The number of benzene rings is 1. The van der Waals surface area contributed by atoms with Crippen molar-refractivity contribution >= 4 is 40.7 Å². The van der Waals surface area contributed by atoms with Crippen LogP contribution >= 0.6 is 34.8 Å². The molecule has 0 bridgehead atoms. The summed E-state index contributed by atoms with van der Waals surface area (Å²) in [7, 11) is 0. The summed E-state index contributed by atoms with van der Waals surface area (Å²) in [4.78, 5) is 0. The van der Waals surface area contributed by atoms with E-state index in [2.05, 4.69) is 13.8 Å². The van der Waals surface area contributed by atoms with Crippen LogP contribution in [0.1, 0.15) is 26.3 Å². The van der Waals surface area contributed by atoms with Crippen LogP contribution in [0.3, 0.4) is 0 Å². The summed E-state index contributed by atoms with van der Waals surface area (Å²) in [6.07, 6.45) is -0.789. The number of hydrogen-bond donors (Lipinski definition) is 1. The molecule has 1 N–H and O–H groups in total. The Morgan fingerprint density at radius 3 is 2.32 bits per heavy atom. The lowest BCUT2D eigenvalue weighted by Crippen LogP contribution is -2.49. The summed E-state index contributed by atoms with van der Waals surface area (Å²) in [5, 5.41) is 7.77. The highest BCUT2D eigenvalue weighted by molar-refractivity contribution is 6.76. The van der Waals surface area contributed by atoms with Crippen molar-refractivity contribution < 1.29 is 14.2 Å². The summed E-state index contributed by atoms with van der Waals surface area (Å²) in [5.41, 5.74) is 1.11. The van der Waals surface area contributed by atoms with Crippen molar-refractivity contribution in [2.75, 3.05) is 6.61 Å². The molecule has 1 aromatic rings. The van der Waals surface area contributed by atoms with Crippen LogP contribution in [-0.4, -0.2) is 28.7 Å². The first-order valence-electron chi connectivity index (χ1n) is 8.29. The van der Waals surface area contributed by atoms with Crippen LogP contribution < -0.4 is 0 Å². The predicted molar refractivity (Wildman–Crippen MR) is 101 cm³/mol. The maximum Gasteiger partial charge on any atom is 0.265 e. The first kappa shape index (κ1) is 20.8. The summed E-state index contributed by atoms with van der Waals surface area (Å²) in [5.74, 6) is 0.230. The van der Waals surface area contributed by atoms with Gasteiger partial charge in [0.2, 0.25) is 12.2 Å². The summed E-state index contributed by atoms with van der Waals surface area (Å²) in [6.45, 7) is 7.24. The normalized spacial score (nSPS) is 30.1. The van der Waals surface area contributed by atoms with Crippen LogP contribution in [0.5, 0.6) is 0 Å². The van der Waals surface area contributed by atoms with Crippen molar-refractivity contribution in [3.05, 3.63) is 35.9 Å². The number of hydrogen-bond acceptors (Lipinski definition) is 4. The van der Waals surface area contributed by atoms with E-state index in [1.807, 2.05) is 37.3 Å². The van der Waals surface area contributed by atoms with Crippen molar-refractivity contribution in [2.24, 2.45) is 17.8 Å². The van der Waals surface area contributed by atoms with Gasteiger partial charge in [0.15, 0.2) is 0 Å². The number of alkyl halides is 3. The van der Waals surface area contributed by atoms with E-state index in [0.717, 1.165) is 5.56 Å². The molecule has 0 radical (unpaired) electrons. The van der Waals surface area contributed by atoms with Gasteiger partial charge in [0.05, 0.1) is 19.3 Å². The third kappa shape index (κ3) is 5.73. The molecule has 3 unspecified atom stereocenters. The van der Waals surface area contributed by atoms with Crippen LogP contribution in [0.4, 0.5) is 0 Å². The molecule has 1 fully saturated rings. The van der Waals surface area contributed by atoms with Crippen LogP contribution in [0, 0.1) is 23.2 Å². The van der Waals surface area contributed by atoms with Crippen LogP contribution in [-0.2, 0) is 20.8 Å². The van der Waals surface area contributed by atoms with E-state index in [0.29, 0.717) is 19.1 Å². The molecule has 1 heterocycles. The molecule has 0 spiro atoms. The SMILES string of the molecule is CC1C(OC(=N)C(Cl)(Cl)Cl)OC(COCc2ccccc2)[C@H](C)[C@@H]1C. The highest BCUT2D eigenvalue weighted by Crippen LogP contribution is 2.37. The van der Waals surface area contributed by atoms with E-state index in [1.165, 1.54) is 0 Å². The fraction of sp³-hybridized carbons (Fsp3) is 0.611. The fourth-order valence-corrected chi connectivity index (χ4v) is 3.00. The van der Waals surface area contributed by atoms with E-state index in [9.17, 15) is 0 Å². The van der Waals surface area contributed by atoms with Gasteiger partial charge < -0.3 is 14.2 Å². The standard InChI is InChI=1S/C18H24Cl3NO3/c1-11-12(2)15(10-23-9-14-7-5-4-6-8-14)24-16(13(11)3)25-17(22)18(19,20)21/h4-8,11-13,15-16,22H,9-10H2,1-3H3/t11-,12+,13?,15?,16?/m0/s1. The second kappa shape index (κ2) is 8.92. The lowest BCUT2D eigenvalue weighted by molar-refractivity contribution is -0.230. The highest BCUT2D eigenvalue weighted by Gasteiger charge is 2.42. The first-order valence-corrected chi connectivity index (χ1v) is 9.43. The molecule has 1 aromatic carbocycles. The topological polar surface area (TPSA) is 51.5 Å². The van der Waals surface area contributed by atoms with Gasteiger partial charge in [-0.15, -0.1) is 0 Å². The number of nitrogens with one attached hydrogen (secondary N) is 1. The molecule has 7 heteroatoms. The Hall–Kier alpha value is -0.520. The minimum atomic E-state index is -1.89. The molecule has 1 aliphatic heterocycles. The molecule has 0 aliphatic carbocycles. The van der Waals surface area contributed by atoms with Gasteiger partial charge in [-0.05, 0) is 17.4 Å². The molecule has 0 amide bonds. The zero-order chi connectivity index (χ0) is 18.6. The Morgan fingerprint density at radius 1 is 1.08 bits per heavy atom. The minimum absolute atomic E-state index is 0.0630. The lowest BCUT2D eigenvalue weighted by Gasteiger charge is -2.43. The number of ether oxygens (including phenoxy) is 3. The molecule has 0 aromatic heterocycles. The zero-order valence-corrected chi connectivity index (χ0v) is 16.8. The van der Waals surface area contributed by atoms with Gasteiger partial charge in [-0.25, -0.2) is 0 Å². The van der Waals surface area contributed by atoms with Gasteiger partial charge in [0.25, 0.3) is 3.79 Å². The maximum atomic E-state index is 7.77. The Bertz CT molecular complexity index is 564. The second-order valence-electron chi connectivity index (χ2n) is 6.57. The molecule has 140 valence electrons. The van der Waals surface area contributed by atoms with E-state index < -0.39 is 16.0 Å². The summed E-state index contributed by atoms with van der Waals surface area (Å²) in [6, 6.07) is 9.97. The summed E-state index contributed by atoms with van der Waals surface area (Å²) >= 11 is 17.1. The molecule has 5 atom stereocenters. The van der Waals surface area contributed by atoms with Gasteiger partial charge in [-0.2, -0.15) is 0 Å². The third-order valence-corrected chi connectivity index (χ3v) is 5.38. The maximum absolute atomic E-state index is 7.77. The number of halogens is 3. The molecule has 1 aliphatic rings. The van der Waals surface area contributed by atoms with Crippen molar-refractivity contribution in [2.45, 2.75) is 43.6 Å². The third-order valence-electron chi connectivity index (χ3n) is 4.87. The van der Waals surface area contributed by atoms with Crippen molar-refractivity contribution in [1.82, 2.24) is 0 Å². The second-order valence-corrected chi connectivity index (χ2v) is 8.85. The molecular formula is C18H24Cl3NO3. The van der Waals surface area contributed by atoms with Gasteiger partial charge in [-0.3, -0.25) is 5.41 Å². The van der Waals surface area contributed by atoms with Crippen molar-refractivity contribution in [3.63, 3.8) is 0 Å². The van der Waals surface area contributed by atoms with Crippen molar-refractivity contribution in [3.8, 4) is 0 Å². The quantitative estimate of drug-likeness (QED) is 0.414. The van der Waals surface area contributed by atoms with E-state index >= 15 is 0 Å². The van der Waals surface area contributed by atoms with Crippen LogP contribution in [0.25, 0.3) is 0 Å². The Balaban J connectivity index is 1.94. The lowest BCUT2D eigenvalue weighted by atomic mass is 9.79. The summed E-state index contributed by atoms with van der Waals surface area (Å²) < 4.78 is 15.4. The largest absolute Gasteiger partial charge is 0.448 e. The van der Waals surface area contributed by atoms with Gasteiger partial charge in [-0.1, -0.05) is 85.9 Å². The molecular weight excluding hydrogens is 385 g/mol. The van der Waals surface area contributed by atoms with Crippen molar-refractivity contribution in [1.29, 1.82) is 5.41 Å². The minimum Gasteiger partial charge on any atom is -0.448 e. The van der Waals surface area contributed by atoms with Crippen LogP contribution in [0.2, 0.25) is 0 Å². The van der Waals surface area contributed by atoms with E-state index in [1.54, 1.807) is 0 Å². The molecule has 25 heavy (non-hydrogen) atoms. The fourth-order valence-electron chi connectivity index (χ4n) is 2.86. The smallest absolute Gasteiger partial charge is 0.265 e. The van der Waals surface area contributed by atoms with Gasteiger partial charge in [0.1, 0.15) is 0 Å². The Labute approximate surface area is 164 Å². The highest BCUT2D eigenvalue weighted by atomic mass is 35.6. The van der Waals surface area contributed by atoms with E-state index in [-0.39, 0.29) is 17.9 Å². The first-order chi connectivity index (χ1) is 11.7. The Morgan fingerprint density at radius 2 is 1.72 bits per heavy atom. The Kier molecular flexibility index (Phi) is 7.41. The van der Waals surface area contributed by atoms with Crippen LogP contribution in [0.15, 0.2) is 30.3 Å². The molecule has 0 saturated carbocycles. The average Bonchev–Trinajstić information content (AvgIpc) is 2.56. The van der Waals surface area contributed by atoms with Gasteiger partial charge in [0, 0.05) is 5.92 Å². The molecule has 4 nitrogen and oxygen atoms in total. The predicted octanol–water partition coefficient (Wildman–Crippen LogP) is 5.20. The van der Waals surface area contributed by atoms with E-state index in [4.69, 9.17) is 54.4 Å². The number of rotatable bonds is 5.